The minimum Gasteiger partial charge on any atom is -0.287 e. The van der Waals surface area contributed by atoms with Gasteiger partial charge in [-0.2, -0.15) is 0 Å². The molecule has 0 aliphatic carbocycles. The van der Waals surface area contributed by atoms with Crippen molar-refractivity contribution in [3.8, 4) is 11.1 Å². The van der Waals surface area contributed by atoms with E-state index in [9.17, 15) is 14.4 Å². The lowest BCUT2D eigenvalue weighted by molar-refractivity contribution is -0.110. The molecule has 1 heterocycles. The summed E-state index contributed by atoms with van der Waals surface area (Å²) >= 11 is 6.75. The molecule has 0 spiro atoms. The molecule has 168 valence electrons. The van der Waals surface area contributed by atoms with Gasteiger partial charge in [0.25, 0.3) is 5.56 Å². The van der Waals surface area contributed by atoms with Gasteiger partial charge in [0.05, 0.1) is 0 Å². The number of pyridine rings is 1. The van der Waals surface area contributed by atoms with Crippen LogP contribution in [0, 0.1) is 0 Å². The molecule has 32 heavy (non-hydrogen) atoms. The number of carbonyl (C=O) groups excluding carboxylic acids is 2. The van der Waals surface area contributed by atoms with Gasteiger partial charge in [-0.1, -0.05) is 62.4 Å². The number of nitrogens with zero attached hydrogens (tertiary/aromatic N) is 1. The van der Waals surface area contributed by atoms with E-state index >= 15 is 0 Å². The molecular formula is C26H28ClNO3S. The molecule has 1 aromatic carbocycles. The Kier molecular flexibility index (Phi) is 11.5. The molecule has 0 unspecified atom stereocenters. The van der Waals surface area contributed by atoms with Crippen molar-refractivity contribution >= 4 is 44.9 Å². The topological polar surface area (TPSA) is 56.1 Å². The summed E-state index contributed by atoms with van der Waals surface area (Å²) in [6, 6.07) is 8.60. The molecule has 4 nitrogen and oxygen atoms in total. The molecule has 0 bridgehead atoms. The highest BCUT2D eigenvalue weighted by molar-refractivity contribution is 8.26. The fraction of sp³-hybridized carbons (Fsp3) is 0.192. The van der Waals surface area contributed by atoms with Crippen molar-refractivity contribution in [2.45, 2.75) is 34.6 Å². The Hall–Kier alpha value is -2.89. The summed E-state index contributed by atoms with van der Waals surface area (Å²) in [6.45, 7) is 12.7. The lowest BCUT2D eigenvalue weighted by Gasteiger charge is -2.14. The molecule has 2 rings (SSSR count). The molecule has 0 radical (unpaired) electrons. The van der Waals surface area contributed by atoms with Crippen LogP contribution < -0.4 is 5.56 Å². The molecule has 0 N–H and O–H groups in total. The summed E-state index contributed by atoms with van der Waals surface area (Å²) in [5, 5.41) is -0.195. The third-order valence-electron chi connectivity index (χ3n) is 4.16. The Labute approximate surface area is 199 Å². The first-order valence-electron chi connectivity index (χ1n) is 10.2. The van der Waals surface area contributed by atoms with Crippen LogP contribution in [0.1, 0.15) is 40.2 Å². The molecule has 1 aromatic heterocycles. The lowest BCUT2D eigenvalue weighted by Crippen LogP contribution is -2.21. The second-order valence-electron chi connectivity index (χ2n) is 6.23. The summed E-state index contributed by atoms with van der Waals surface area (Å²) in [5.74, 6) is 0. The predicted molar refractivity (Wildman–Crippen MR) is 139 cm³/mol. The summed E-state index contributed by atoms with van der Waals surface area (Å²) in [6.07, 6.45) is 10.2. The van der Waals surface area contributed by atoms with Gasteiger partial charge in [-0.05, 0) is 61.5 Å². The average molecular weight is 470 g/mol. The molecule has 0 saturated heterocycles. The van der Waals surface area contributed by atoms with E-state index in [1.54, 1.807) is 67.8 Å². The van der Waals surface area contributed by atoms with Gasteiger partial charge in [0.15, 0.2) is 5.12 Å². The van der Waals surface area contributed by atoms with Crippen LogP contribution in [0.25, 0.3) is 22.4 Å². The van der Waals surface area contributed by atoms with E-state index in [2.05, 4.69) is 6.58 Å². The van der Waals surface area contributed by atoms with Crippen LogP contribution in [-0.4, -0.2) is 14.8 Å². The molecular weight excluding hydrogens is 442 g/mol. The van der Waals surface area contributed by atoms with Gasteiger partial charge < -0.3 is 0 Å². The maximum absolute atomic E-state index is 13.3. The molecule has 0 fully saturated rings. The number of rotatable bonds is 6. The Morgan fingerprint density at radius 2 is 1.84 bits per heavy atom. The quantitative estimate of drug-likeness (QED) is 0.337. The Balaban J connectivity index is 0.00000249. The van der Waals surface area contributed by atoms with E-state index in [-0.39, 0.29) is 15.8 Å². The normalized spacial score (nSPS) is 11.7. The van der Waals surface area contributed by atoms with Crippen molar-refractivity contribution in [1.29, 1.82) is 0 Å². The zero-order valence-electron chi connectivity index (χ0n) is 19.0. The number of halogens is 1. The minimum atomic E-state index is -0.384. The number of carbonyl (C=O) groups is 2. The number of hydrogen-bond donors (Lipinski definition) is 0. The maximum Gasteiger partial charge on any atom is 0.262 e. The molecule has 0 atom stereocenters. The summed E-state index contributed by atoms with van der Waals surface area (Å²) < 4.78 is 1.44. The fourth-order valence-electron chi connectivity index (χ4n) is 2.81. The highest BCUT2D eigenvalue weighted by Crippen LogP contribution is 2.27. The van der Waals surface area contributed by atoms with Crippen LogP contribution in [0.3, 0.4) is 0 Å². The van der Waals surface area contributed by atoms with E-state index in [0.29, 0.717) is 44.7 Å². The SMILES string of the molecule is C=C/C(=C\C=C/C)n1cc(/C(=C/C)C(=O)SC(C)=O)cc(-c2cccc(Cl)c2)c1=O.CC. The van der Waals surface area contributed by atoms with E-state index in [1.165, 1.54) is 11.5 Å². The molecule has 0 aliphatic heterocycles. The third-order valence-corrected chi connectivity index (χ3v) is 5.08. The van der Waals surface area contributed by atoms with Gasteiger partial charge in [-0.15, -0.1) is 0 Å². The Bertz CT molecular complexity index is 1140. The van der Waals surface area contributed by atoms with Crippen molar-refractivity contribution in [1.82, 2.24) is 4.57 Å². The van der Waals surface area contributed by atoms with Gasteiger partial charge in [0.2, 0.25) is 5.12 Å². The van der Waals surface area contributed by atoms with Crippen molar-refractivity contribution < 1.29 is 9.59 Å². The maximum atomic E-state index is 13.3. The van der Waals surface area contributed by atoms with Gasteiger partial charge in [0.1, 0.15) is 0 Å². The Morgan fingerprint density at radius 3 is 2.38 bits per heavy atom. The first kappa shape index (κ1) is 27.1. The highest BCUT2D eigenvalue weighted by Gasteiger charge is 2.18. The van der Waals surface area contributed by atoms with Crippen molar-refractivity contribution in [2.75, 3.05) is 0 Å². The molecule has 6 heteroatoms. The standard InChI is InChI=1S/C24H22ClNO3S.C2H6/c1-5-8-12-20(6-2)26-15-18(21(7-3)24(29)30-16(4)27)14-22(23(26)28)17-10-9-11-19(25)13-17;1-2/h5-15H,2H2,1,3-4H3;1-2H3/b8-5-,20-12+,21-7-;. The average Bonchev–Trinajstić information content (AvgIpc) is 2.77. The fourth-order valence-corrected chi connectivity index (χ4v) is 3.61. The van der Waals surface area contributed by atoms with Gasteiger partial charge >= 0.3 is 0 Å². The summed E-state index contributed by atoms with van der Waals surface area (Å²) in [7, 11) is 0. The van der Waals surface area contributed by atoms with Gasteiger partial charge in [-0.25, -0.2) is 0 Å². The first-order valence-corrected chi connectivity index (χ1v) is 11.4. The second kappa shape index (κ2) is 13.5. The molecule has 0 saturated carbocycles. The van der Waals surface area contributed by atoms with Crippen LogP contribution in [0.5, 0.6) is 0 Å². The first-order chi connectivity index (χ1) is 15.3. The molecule has 2 aromatic rings. The van der Waals surface area contributed by atoms with Crippen LogP contribution >= 0.6 is 23.4 Å². The van der Waals surface area contributed by atoms with Gasteiger partial charge in [0, 0.05) is 40.5 Å². The molecule has 0 amide bonds. The van der Waals surface area contributed by atoms with Crippen molar-refractivity contribution in [3.05, 3.63) is 94.4 Å². The van der Waals surface area contributed by atoms with Crippen molar-refractivity contribution in [2.24, 2.45) is 0 Å². The number of allylic oxidation sites excluding steroid dienone is 6. The third kappa shape index (κ3) is 7.08. The smallest absolute Gasteiger partial charge is 0.262 e. The summed E-state index contributed by atoms with van der Waals surface area (Å²) in [5.41, 5.74) is 2.12. The lowest BCUT2D eigenvalue weighted by atomic mass is 10.0. The zero-order valence-corrected chi connectivity index (χ0v) is 20.6. The number of aromatic nitrogens is 1. The zero-order chi connectivity index (χ0) is 24.3. The van der Waals surface area contributed by atoms with Crippen LogP contribution in [-0.2, 0) is 9.59 Å². The number of thioether (sulfide) groups is 1. The van der Waals surface area contributed by atoms with E-state index in [1.807, 2.05) is 26.8 Å². The van der Waals surface area contributed by atoms with Crippen molar-refractivity contribution in [3.63, 3.8) is 0 Å². The number of benzene rings is 1. The van der Waals surface area contributed by atoms with E-state index in [4.69, 9.17) is 11.6 Å². The van der Waals surface area contributed by atoms with E-state index in [0.717, 1.165) is 0 Å². The highest BCUT2D eigenvalue weighted by atomic mass is 35.5. The second-order valence-corrected chi connectivity index (χ2v) is 7.82. The van der Waals surface area contributed by atoms with Crippen LogP contribution in [0.4, 0.5) is 0 Å². The Morgan fingerprint density at radius 1 is 1.16 bits per heavy atom. The minimum absolute atomic E-state index is 0.279. The molecule has 0 aliphatic rings. The van der Waals surface area contributed by atoms with Crippen LogP contribution in [0.2, 0.25) is 5.02 Å². The monoisotopic (exact) mass is 469 g/mol. The van der Waals surface area contributed by atoms with Gasteiger partial charge in [-0.3, -0.25) is 19.0 Å². The van der Waals surface area contributed by atoms with Crippen LogP contribution in [0.15, 0.2) is 78.3 Å². The number of hydrogen-bond acceptors (Lipinski definition) is 4. The summed E-state index contributed by atoms with van der Waals surface area (Å²) in [4.78, 5) is 37.4. The van der Waals surface area contributed by atoms with E-state index < -0.39 is 0 Å². The predicted octanol–water partition coefficient (Wildman–Crippen LogP) is 7.01. The largest absolute Gasteiger partial charge is 0.287 e.